The highest BCUT2D eigenvalue weighted by Crippen LogP contribution is 2.23. The van der Waals surface area contributed by atoms with Gasteiger partial charge in [-0.05, 0) is 54.7 Å². The fraction of sp³-hybridized carbons (Fsp3) is 0.353. The van der Waals surface area contributed by atoms with Gasteiger partial charge in [-0.2, -0.15) is 0 Å². The molecule has 1 N–H and O–H groups in total. The molecule has 1 aliphatic rings. The third-order valence-corrected chi connectivity index (χ3v) is 7.03. The number of thiophene rings is 1. The van der Waals surface area contributed by atoms with E-state index in [9.17, 15) is 8.42 Å². The summed E-state index contributed by atoms with van der Waals surface area (Å²) in [6, 6.07) is 12.0. The first kappa shape index (κ1) is 17.4. The van der Waals surface area contributed by atoms with Gasteiger partial charge in [-0.25, -0.2) is 8.42 Å². The first-order valence-corrected chi connectivity index (χ1v) is 10.9. The summed E-state index contributed by atoms with van der Waals surface area (Å²) in [5, 5.41) is 5.87. The zero-order valence-corrected chi connectivity index (χ0v) is 15.9. The van der Waals surface area contributed by atoms with Crippen LogP contribution >= 0.6 is 23.6 Å². The summed E-state index contributed by atoms with van der Waals surface area (Å²) in [5.41, 5.74) is 2.08. The van der Waals surface area contributed by atoms with E-state index in [4.69, 9.17) is 12.2 Å². The smallest absolute Gasteiger partial charge is 0.174 e. The van der Waals surface area contributed by atoms with Crippen molar-refractivity contribution < 1.29 is 8.42 Å². The molecule has 2 aromatic rings. The first-order valence-electron chi connectivity index (χ1n) is 7.80. The van der Waals surface area contributed by atoms with Crippen molar-refractivity contribution in [3.05, 3.63) is 52.2 Å². The minimum Gasteiger partial charge on any atom is -0.340 e. The predicted molar refractivity (Wildman–Crippen MR) is 104 cm³/mol. The Bertz CT molecular complexity index is 816. The Morgan fingerprint density at radius 3 is 2.83 bits per heavy atom. The average Bonchev–Trinajstić information content (AvgIpc) is 3.14. The fourth-order valence-corrected chi connectivity index (χ4v) is 5.64. The third-order valence-electron chi connectivity index (χ3n) is 4.09. The maximum Gasteiger partial charge on any atom is 0.174 e. The number of aryl methyl sites for hydroxylation is 1. The lowest BCUT2D eigenvalue weighted by Crippen LogP contribution is -2.42. The zero-order chi connectivity index (χ0) is 17.2. The van der Waals surface area contributed by atoms with E-state index in [0.717, 1.165) is 11.3 Å². The largest absolute Gasteiger partial charge is 0.340 e. The minimum atomic E-state index is -2.96. The van der Waals surface area contributed by atoms with Gasteiger partial charge >= 0.3 is 0 Å². The Morgan fingerprint density at radius 2 is 2.21 bits per heavy atom. The Hall–Kier alpha value is -1.44. The predicted octanol–water partition coefficient (Wildman–Crippen LogP) is 3.44. The Kier molecular flexibility index (Phi) is 5.22. The topological polar surface area (TPSA) is 49.4 Å². The maximum atomic E-state index is 11.9. The van der Waals surface area contributed by atoms with Crippen molar-refractivity contribution in [2.24, 2.45) is 0 Å². The van der Waals surface area contributed by atoms with E-state index in [2.05, 4.69) is 11.4 Å². The Labute approximate surface area is 152 Å². The minimum absolute atomic E-state index is 0.0677. The molecule has 0 saturated carbocycles. The standard InChI is InChI=1S/C17H20N2O2S3/c1-13-4-2-5-14(10-13)18-17(22)19(11-16-6-3-8-23-16)15-7-9-24(20,21)12-15/h2-6,8,10,15H,7,9,11-12H2,1H3,(H,18,22)/t15-/m0/s1. The van der Waals surface area contributed by atoms with Gasteiger partial charge in [-0.3, -0.25) is 0 Å². The van der Waals surface area contributed by atoms with E-state index in [-0.39, 0.29) is 17.5 Å². The highest BCUT2D eigenvalue weighted by molar-refractivity contribution is 7.91. The van der Waals surface area contributed by atoms with Crippen LogP contribution in [-0.4, -0.2) is 36.0 Å². The number of sulfone groups is 1. The van der Waals surface area contributed by atoms with Crippen LogP contribution in [0.4, 0.5) is 5.69 Å². The molecule has 1 fully saturated rings. The molecule has 0 aliphatic carbocycles. The van der Waals surface area contributed by atoms with E-state index >= 15 is 0 Å². The van der Waals surface area contributed by atoms with Gasteiger partial charge in [0.1, 0.15) is 0 Å². The molecule has 1 aromatic carbocycles. The molecule has 1 aromatic heterocycles. The van der Waals surface area contributed by atoms with Gasteiger partial charge in [0, 0.05) is 16.6 Å². The van der Waals surface area contributed by atoms with Gasteiger partial charge in [0.05, 0.1) is 18.1 Å². The van der Waals surface area contributed by atoms with Crippen LogP contribution in [0.25, 0.3) is 0 Å². The highest BCUT2D eigenvalue weighted by atomic mass is 32.2. The Balaban J connectivity index is 1.79. The summed E-state index contributed by atoms with van der Waals surface area (Å²) >= 11 is 7.27. The maximum absolute atomic E-state index is 11.9. The number of nitrogens with one attached hydrogen (secondary N) is 1. The van der Waals surface area contributed by atoms with Crippen molar-refractivity contribution in [3.63, 3.8) is 0 Å². The second kappa shape index (κ2) is 7.21. The molecular formula is C17H20N2O2S3. The molecule has 7 heteroatoms. The normalized spacial score (nSPS) is 19.1. The summed E-state index contributed by atoms with van der Waals surface area (Å²) in [4.78, 5) is 3.20. The lowest BCUT2D eigenvalue weighted by Gasteiger charge is -2.30. The molecule has 0 spiro atoms. The number of hydrogen-bond acceptors (Lipinski definition) is 4. The second-order valence-electron chi connectivity index (χ2n) is 6.06. The zero-order valence-electron chi connectivity index (χ0n) is 13.4. The summed E-state index contributed by atoms with van der Waals surface area (Å²) in [7, 11) is -2.96. The van der Waals surface area contributed by atoms with Crippen molar-refractivity contribution in [1.29, 1.82) is 0 Å². The fourth-order valence-electron chi connectivity index (χ4n) is 2.88. The van der Waals surface area contributed by atoms with Gasteiger partial charge < -0.3 is 10.2 Å². The van der Waals surface area contributed by atoms with Crippen LogP contribution in [-0.2, 0) is 16.4 Å². The third kappa shape index (κ3) is 4.34. The van der Waals surface area contributed by atoms with Gasteiger partial charge in [0.25, 0.3) is 0 Å². The van der Waals surface area contributed by atoms with Crippen LogP contribution < -0.4 is 5.32 Å². The number of rotatable bonds is 4. The number of hydrogen-bond donors (Lipinski definition) is 1. The lowest BCUT2D eigenvalue weighted by molar-refractivity contribution is 0.335. The molecule has 1 saturated heterocycles. The highest BCUT2D eigenvalue weighted by Gasteiger charge is 2.33. The molecule has 1 atom stereocenters. The first-order chi connectivity index (χ1) is 11.4. The van der Waals surface area contributed by atoms with Crippen LogP contribution in [0.1, 0.15) is 16.9 Å². The van der Waals surface area contributed by atoms with Crippen LogP contribution in [0.5, 0.6) is 0 Å². The van der Waals surface area contributed by atoms with Gasteiger partial charge in [0.2, 0.25) is 0 Å². The molecule has 0 bridgehead atoms. The molecule has 128 valence electrons. The summed E-state index contributed by atoms with van der Waals surface area (Å²) in [6.45, 7) is 2.66. The summed E-state index contributed by atoms with van der Waals surface area (Å²) in [5.74, 6) is 0.416. The van der Waals surface area contributed by atoms with Crippen LogP contribution in [0.3, 0.4) is 0 Å². The number of benzene rings is 1. The van der Waals surface area contributed by atoms with Crippen LogP contribution in [0.2, 0.25) is 0 Å². The van der Waals surface area contributed by atoms with E-state index in [1.54, 1.807) is 11.3 Å². The lowest BCUT2D eigenvalue weighted by atomic mass is 10.2. The molecule has 4 nitrogen and oxygen atoms in total. The SMILES string of the molecule is Cc1cccc(NC(=S)N(Cc2cccs2)[C@H]2CCS(=O)(=O)C2)c1. The number of nitrogens with zero attached hydrogens (tertiary/aromatic N) is 1. The van der Waals surface area contributed by atoms with Crippen LogP contribution in [0, 0.1) is 6.92 Å². The van der Waals surface area contributed by atoms with Gasteiger partial charge in [-0.1, -0.05) is 18.2 Å². The molecular weight excluding hydrogens is 360 g/mol. The second-order valence-corrected chi connectivity index (χ2v) is 9.71. The monoisotopic (exact) mass is 380 g/mol. The van der Waals surface area contributed by atoms with E-state index in [0.29, 0.717) is 18.1 Å². The van der Waals surface area contributed by atoms with E-state index in [1.807, 2.05) is 47.5 Å². The molecule has 0 unspecified atom stereocenters. The molecule has 1 aliphatic heterocycles. The molecule has 0 radical (unpaired) electrons. The van der Waals surface area contributed by atoms with E-state index < -0.39 is 9.84 Å². The van der Waals surface area contributed by atoms with Crippen molar-refractivity contribution in [3.8, 4) is 0 Å². The van der Waals surface area contributed by atoms with Crippen molar-refractivity contribution in [2.75, 3.05) is 16.8 Å². The molecule has 24 heavy (non-hydrogen) atoms. The van der Waals surface area contributed by atoms with E-state index in [1.165, 1.54) is 4.88 Å². The van der Waals surface area contributed by atoms with Crippen LogP contribution in [0.15, 0.2) is 41.8 Å². The molecule has 2 heterocycles. The summed E-state index contributed by atoms with van der Waals surface area (Å²) < 4.78 is 23.8. The Morgan fingerprint density at radius 1 is 1.38 bits per heavy atom. The number of thiocarbonyl (C=S) groups is 1. The number of anilines is 1. The van der Waals surface area contributed by atoms with Gasteiger partial charge in [-0.15, -0.1) is 11.3 Å². The van der Waals surface area contributed by atoms with Crippen molar-refractivity contribution in [2.45, 2.75) is 25.9 Å². The quantitative estimate of drug-likeness (QED) is 0.824. The molecule has 0 amide bonds. The van der Waals surface area contributed by atoms with Gasteiger partial charge in [0.15, 0.2) is 14.9 Å². The van der Waals surface area contributed by atoms with Crippen molar-refractivity contribution in [1.82, 2.24) is 4.90 Å². The van der Waals surface area contributed by atoms with Crippen molar-refractivity contribution >= 4 is 44.2 Å². The summed E-state index contributed by atoms with van der Waals surface area (Å²) in [6.07, 6.45) is 0.628. The molecule has 3 rings (SSSR count). The average molecular weight is 381 g/mol.